The third-order valence-electron chi connectivity index (χ3n) is 8.81. The summed E-state index contributed by atoms with van der Waals surface area (Å²) in [6.45, 7) is 10.0. The lowest BCUT2D eigenvalue weighted by Crippen LogP contribution is -2.51. The van der Waals surface area contributed by atoms with Crippen molar-refractivity contribution in [1.29, 1.82) is 0 Å². The van der Waals surface area contributed by atoms with E-state index in [2.05, 4.69) is 43.9 Å². The summed E-state index contributed by atoms with van der Waals surface area (Å²) in [7, 11) is 1.55. The van der Waals surface area contributed by atoms with E-state index in [9.17, 15) is 18.0 Å². The SMILES string of the molecule is C=CC(=O)Nc1cc(Nc2cc(N3OCCC3c3c(F)ccc(F)c3F)ncn2)c(OC)cc1N1CCC(N2CCOC(C)C2)CC1. The molecule has 0 bridgehead atoms. The van der Waals surface area contributed by atoms with Crippen molar-refractivity contribution in [3.63, 3.8) is 0 Å². The Morgan fingerprint density at radius 1 is 1.04 bits per heavy atom. The predicted octanol–water partition coefficient (Wildman–Crippen LogP) is 5.34. The van der Waals surface area contributed by atoms with Gasteiger partial charge in [0.15, 0.2) is 17.5 Å². The number of aromatic nitrogens is 2. The number of hydroxylamine groups is 1. The maximum atomic E-state index is 14.7. The molecule has 2 aromatic carbocycles. The van der Waals surface area contributed by atoms with Gasteiger partial charge in [-0.05, 0) is 44.0 Å². The topological polar surface area (TPSA) is 104 Å². The Hall–Kier alpha value is -4.40. The molecule has 0 saturated carbocycles. The molecule has 0 spiro atoms. The van der Waals surface area contributed by atoms with Crippen LogP contribution >= 0.6 is 0 Å². The van der Waals surface area contributed by atoms with Gasteiger partial charge in [-0.25, -0.2) is 28.2 Å². The average molecular weight is 654 g/mol. The van der Waals surface area contributed by atoms with Crippen LogP contribution in [0.2, 0.25) is 0 Å². The highest BCUT2D eigenvalue weighted by Crippen LogP contribution is 2.41. The second-order valence-electron chi connectivity index (χ2n) is 11.8. The van der Waals surface area contributed by atoms with Gasteiger partial charge in [0.1, 0.15) is 23.7 Å². The van der Waals surface area contributed by atoms with Crippen LogP contribution in [0.5, 0.6) is 5.75 Å². The summed E-state index contributed by atoms with van der Waals surface area (Å²) in [5.74, 6) is -2.63. The van der Waals surface area contributed by atoms with Crippen LogP contribution in [0.25, 0.3) is 0 Å². The fourth-order valence-electron chi connectivity index (χ4n) is 6.51. The van der Waals surface area contributed by atoms with Crippen LogP contribution in [0.3, 0.4) is 0 Å². The van der Waals surface area contributed by atoms with E-state index in [1.807, 2.05) is 6.07 Å². The maximum absolute atomic E-state index is 14.7. The van der Waals surface area contributed by atoms with Gasteiger partial charge in [-0.2, -0.15) is 0 Å². The highest BCUT2D eigenvalue weighted by atomic mass is 19.2. The summed E-state index contributed by atoms with van der Waals surface area (Å²) in [6.07, 6.45) is 4.86. The lowest BCUT2D eigenvalue weighted by molar-refractivity contribution is -0.111. The number of piperidine rings is 1. The fraction of sp³-hybridized carbons (Fsp3) is 0.424. The molecule has 47 heavy (non-hydrogen) atoms. The van der Waals surface area contributed by atoms with E-state index >= 15 is 0 Å². The van der Waals surface area contributed by atoms with Crippen LogP contribution in [-0.2, 0) is 14.4 Å². The number of carbonyl (C=O) groups excluding carboxylic acids is 1. The van der Waals surface area contributed by atoms with Crippen molar-refractivity contribution in [2.75, 3.05) is 67.1 Å². The van der Waals surface area contributed by atoms with Gasteiger partial charge >= 0.3 is 0 Å². The largest absolute Gasteiger partial charge is 0.494 e. The van der Waals surface area contributed by atoms with E-state index in [1.54, 1.807) is 19.2 Å². The number of rotatable bonds is 9. The standard InChI is InChI=1S/C33H38F3N7O4/c1-4-31(44)40-24-15-25(28(45-3)16-27(24)41-10-7-21(8-11-41)42-12-14-46-20(2)18-42)39-29-17-30(38-19-37-29)43-26(9-13-47-43)32-22(34)5-6-23(35)33(32)36/h4-6,15-17,19-21,26H,1,7-14,18H2,2-3H3,(H,40,44)(H,37,38,39). The van der Waals surface area contributed by atoms with E-state index < -0.39 is 29.1 Å². The molecule has 3 saturated heterocycles. The number of amides is 1. The second-order valence-corrected chi connectivity index (χ2v) is 11.8. The number of benzene rings is 2. The zero-order valence-electron chi connectivity index (χ0n) is 26.3. The lowest BCUT2D eigenvalue weighted by atomic mass is 10.0. The van der Waals surface area contributed by atoms with Crippen molar-refractivity contribution < 1.29 is 32.3 Å². The molecule has 3 aliphatic heterocycles. The van der Waals surface area contributed by atoms with E-state index in [-0.39, 0.29) is 30.9 Å². The first kappa shape index (κ1) is 32.5. The molecule has 2 unspecified atom stereocenters. The van der Waals surface area contributed by atoms with Crippen molar-refractivity contribution >= 4 is 34.6 Å². The molecule has 11 nitrogen and oxygen atoms in total. The minimum Gasteiger partial charge on any atom is -0.494 e. The fourth-order valence-corrected chi connectivity index (χ4v) is 6.51. The Kier molecular flexibility index (Phi) is 9.80. The van der Waals surface area contributed by atoms with Crippen LogP contribution in [0.15, 0.2) is 49.3 Å². The molecule has 3 fully saturated rings. The summed E-state index contributed by atoms with van der Waals surface area (Å²) in [4.78, 5) is 31.5. The van der Waals surface area contributed by atoms with Gasteiger partial charge in [0.05, 0.1) is 55.1 Å². The van der Waals surface area contributed by atoms with Gasteiger partial charge in [0.25, 0.3) is 0 Å². The molecular weight excluding hydrogens is 615 g/mol. The number of anilines is 5. The summed E-state index contributed by atoms with van der Waals surface area (Å²) >= 11 is 0. The smallest absolute Gasteiger partial charge is 0.247 e. The van der Waals surface area contributed by atoms with Gasteiger partial charge < -0.3 is 25.0 Å². The van der Waals surface area contributed by atoms with Gasteiger partial charge in [-0.1, -0.05) is 6.58 Å². The summed E-state index contributed by atoms with van der Waals surface area (Å²) < 4.78 is 54.9. The zero-order chi connectivity index (χ0) is 33.1. The minimum atomic E-state index is -1.27. The molecule has 4 heterocycles. The Morgan fingerprint density at radius 2 is 1.83 bits per heavy atom. The van der Waals surface area contributed by atoms with Crippen molar-refractivity contribution in [1.82, 2.24) is 14.9 Å². The van der Waals surface area contributed by atoms with Crippen LogP contribution < -0.4 is 25.3 Å². The molecule has 1 aromatic heterocycles. The normalized spacial score (nSPS) is 20.7. The van der Waals surface area contributed by atoms with E-state index in [1.165, 1.54) is 17.5 Å². The van der Waals surface area contributed by atoms with E-state index in [4.69, 9.17) is 14.3 Å². The Morgan fingerprint density at radius 3 is 2.57 bits per heavy atom. The monoisotopic (exact) mass is 653 g/mol. The number of hydrogen-bond donors (Lipinski definition) is 2. The number of halogens is 3. The van der Waals surface area contributed by atoms with Crippen LogP contribution in [0.1, 0.15) is 37.8 Å². The zero-order valence-corrected chi connectivity index (χ0v) is 26.3. The third kappa shape index (κ3) is 6.99. The number of nitrogens with one attached hydrogen (secondary N) is 2. The molecule has 3 aliphatic rings. The molecule has 2 atom stereocenters. The molecule has 2 N–H and O–H groups in total. The predicted molar refractivity (Wildman–Crippen MR) is 171 cm³/mol. The number of hydrogen-bond acceptors (Lipinski definition) is 10. The Bertz CT molecular complexity index is 1620. The molecule has 6 rings (SSSR count). The first-order valence-corrected chi connectivity index (χ1v) is 15.7. The van der Waals surface area contributed by atoms with Crippen molar-refractivity contribution in [2.24, 2.45) is 0 Å². The quantitative estimate of drug-likeness (QED) is 0.232. The molecule has 3 aromatic rings. The van der Waals surface area contributed by atoms with Crippen LogP contribution in [0.4, 0.5) is 41.9 Å². The minimum absolute atomic E-state index is 0.150. The molecule has 0 aliphatic carbocycles. The Balaban J connectivity index is 1.25. The summed E-state index contributed by atoms with van der Waals surface area (Å²) in [6, 6.07) is 6.34. The average Bonchev–Trinajstić information content (AvgIpc) is 3.56. The number of carbonyl (C=O) groups is 1. The van der Waals surface area contributed by atoms with Gasteiger partial charge in [-0.15, -0.1) is 0 Å². The molecule has 250 valence electrons. The summed E-state index contributed by atoms with van der Waals surface area (Å²) in [5, 5.41) is 7.39. The van der Waals surface area contributed by atoms with Gasteiger partial charge in [-0.3, -0.25) is 14.5 Å². The number of methoxy groups -OCH3 is 1. The van der Waals surface area contributed by atoms with Crippen molar-refractivity contribution in [3.8, 4) is 5.75 Å². The Labute approximate surface area is 271 Å². The lowest BCUT2D eigenvalue weighted by Gasteiger charge is -2.42. The number of morpholine rings is 1. The second kappa shape index (κ2) is 14.2. The maximum Gasteiger partial charge on any atom is 0.247 e. The van der Waals surface area contributed by atoms with Crippen molar-refractivity contribution in [3.05, 3.63) is 72.3 Å². The third-order valence-corrected chi connectivity index (χ3v) is 8.81. The van der Waals surface area contributed by atoms with E-state index in [0.717, 1.165) is 63.4 Å². The summed E-state index contributed by atoms with van der Waals surface area (Å²) in [5.41, 5.74) is 1.44. The highest BCUT2D eigenvalue weighted by molar-refractivity contribution is 6.02. The molecule has 0 radical (unpaired) electrons. The van der Waals surface area contributed by atoms with Gasteiger partial charge in [0, 0.05) is 50.8 Å². The molecule has 14 heteroatoms. The molecule has 1 amide bonds. The van der Waals surface area contributed by atoms with E-state index in [0.29, 0.717) is 29.0 Å². The molecular formula is C33H38F3N7O4. The van der Waals surface area contributed by atoms with Gasteiger partial charge in [0.2, 0.25) is 5.91 Å². The van der Waals surface area contributed by atoms with Crippen LogP contribution in [0, 0.1) is 17.5 Å². The van der Waals surface area contributed by atoms with Crippen molar-refractivity contribution in [2.45, 2.75) is 44.4 Å². The number of ether oxygens (including phenoxy) is 2. The highest BCUT2D eigenvalue weighted by Gasteiger charge is 2.35. The number of nitrogens with zero attached hydrogens (tertiary/aromatic N) is 5. The van der Waals surface area contributed by atoms with Crippen LogP contribution in [-0.4, -0.2) is 79.4 Å². The first-order chi connectivity index (χ1) is 22.7. The first-order valence-electron chi connectivity index (χ1n) is 15.7.